The molecule has 1 amide bonds. The second kappa shape index (κ2) is 8.01. The van der Waals surface area contributed by atoms with Gasteiger partial charge in [-0.25, -0.2) is 0 Å². The highest BCUT2D eigenvalue weighted by atomic mass is 127. The molecule has 0 radical (unpaired) electrons. The van der Waals surface area contributed by atoms with Crippen LogP contribution in [0.25, 0.3) is 0 Å². The Morgan fingerprint density at radius 1 is 1.35 bits per heavy atom. The Bertz CT molecular complexity index is 519. The highest BCUT2D eigenvalue weighted by Gasteiger charge is 2.15. The highest BCUT2D eigenvalue weighted by molar-refractivity contribution is 14.1. The van der Waals surface area contributed by atoms with Crippen molar-refractivity contribution < 1.29 is 19.8 Å². The summed E-state index contributed by atoms with van der Waals surface area (Å²) in [6, 6.07) is 3.40. The quantitative estimate of drug-likeness (QED) is 0.412. The lowest BCUT2D eigenvalue weighted by Crippen LogP contribution is -2.25. The van der Waals surface area contributed by atoms with Gasteiger partial charge in [0, 0.05) is 10.1 Å². The third-order valence-corrected chi connectivity index (χ3v) is 4.24. The summed E-state index contributed by atoms with van der Waals surface area (Å²) in [5, 5.41) is 21.3. The fourth-order valence-corrected chi connectivity index (χ4v) is 3.41. The van der Waals surface area contributed by atoms with E-state index in [9.17, 15) is 14.7 Å². The SMILES string of the molecule is CC(CCCNC(=O)c1cc(I)cc(I)c1O)C(=O)O. The number of hydrogen-bond donors (Lipinski definition) is 3. The summed E-state index contributed by atoms with van der Waals surface area (Å²) in [5.74, 6) is -1.62. The number of aromatic hydroxyl groups is 1. The van der Waals surface area contributed by atoms with E-state index in [-0.39, 0.29) is 17.2 Å². The van der Waals surface area contributed by atoms with E-state index in [2.05, 4.69) is 27.9 Å². The Morgan fingerprint density at radius 2 is 2.00 bits per heavy atom. The fraction of sp³-hybridized carbons (Fsp3) is 0.385. The maximum absolute atomic E-state index is 12.0. The molecule has 110 valence electrons. The van der Waals surface area contributed by atoms with Gasteiger partial charge in [0.15, 0.2) is 0 Å². The van der Waals surface area contributed by atoms with Gasteiger partial charge in [-0.1, -0.05) is 6.92 Å². The molecule has 0 saturated heterocycles. The van der Waals surface area contributed by atoms with E-state index in [4.69, 9.17) is 5.11 Å². The van der Waals surface area contributed by atoms with Crippen molar-refractivity contribution in [1.82, 2.24) is 5.32 Å². The van der Waals surface area contributed by atoms with Crippen LogP contribution in [0.2, 0.25) is 0 Å². The lowest BCUT2D eigenvalue weighted by atomic mass is 10.1. The number of benzene rings is 1. The number of phenols is 1. The van der Waals surface area contributed by atoms with E-state index < -0.39 is 11.9 Å². The minimum atomic E-state index is -0.832. The third-order valence-electron chi connectivity index (χ3n) is 2.79. The number of amides is 1. The van der Waals surface area contributed by atoms with Gasteiger partial charge in [-0.05, 0) is 70.2 Å². The van der Waals surface area contributed by atoms with Gasteiger partial charge in [-0.3, -0.25) is 9.59 Å². The number of hydrogen-bond acceptors (Lipinski definition) is 3. The molecule has 0 aromatic heterocycles. The molecular weight excluding hydrogens is 488 g/mol. The summed E-state index contributed by atoms with van der Waals surface area (Å²) in [5.41, 5.74) is 0.243. The van der Waals surface area contributed by atoms with Gasteiger partial charge < -0.3 is 15.5 Å². The molecule has 20 heavy (non-hydrogen) atoms. The van der Waals surface area contributed by atoms with Crippen molar-refractivity contribution in [3.05, 3.63) is 24.8 Å². The highest BCUT2D eigenvalue weighted by Crippen LogP contribution is 2.26. The van der Waals surface area contributed by atoms with Crippen molar-refractivity contribution in [2.45, 2.75) is 19.8 Å². The Balaban J connectivity index is 2.54. The second-order valence-electron chi connectivity index (χ2n) is 4.42. The van der Waals surface area contributed by atoms with Gasteiger partial charge in [0.2, 0.25) is 0 Å². The van der Waals surface area contributed by atoms with E-state index in [0.717, 1.165) is 3.57 Å². The summed E-state index contributed by atoms with van der Waals surface area (Å²) in [6.45, 7) is 2.02. The standard InChI is InChI=1S/C13H15I2NO4/c1-7(13(19)20)3-2-4-16-12(18)9-5-8(14)6-10(15)11(9)17/h5-7,17H,2-4H2,1H3,(H,16,18)(H,19,20). The van der Waals surface area contributed by atoms with Crippen LogP contribution in [0.3, 0.4) is 0 Å². The van der Waals surface area contributed by atoms with Crippen molar-refractivity contribution >= 4 is 57.1 Å². The second-order valence-corrected chi connectivity index (χ2v) is 6.83. The van der Waals surface area contributed by atoms with Crippen LogP contribution < -0.4 is 5.32 Å². The normalized spacial score (nSPS) is 11.9. The molecule has 1 atom stereocenters. The molecule has 0 aliphatic heterocycles. The number of carbonyl (C=O) groups is 2. The molecule has 0 aliphatic carbocycles. The minimum Gasteiger partial charge on any atom is -0.506 e. The zero-order valence-corrected chi connectivity index (χ0v) is 15.1. The Labute approximate surface area is 144 Å². The number of carboxylic acid groups (broad SMARTS) is 1. The average molecular weight is 503 g/mol. The smallest absolute Gasteiger partial charge is 0.306 e. The van der Waals surface area contributed by atoms with Crippen LogP contribution in [0, 0.1) is 13.1 Å². The third kappa shape index (κ3) is 5.08. The van der Waals surface area contributed by atoms with Gasteiger partial charge in [-0.15, -0.1) is 0 Å². The number of carboxylic acids is 1. The molecule has 1 aromatic rings. The minimum absolute atomic E-state index is 0.0255. The fourth-order valence-electron chi connectivity index (χ4n) is 1.57. The molecule has 0 heterocycles. The molecule has 0 bridgehead atoms. The summed E-state index contributed by atoms with van der Waals surface area (Å²) in [6.07, 6.45) is 1.09. The molecule has 0 aliphatic rings. The lowest BCUT2D eigenvalue weighted by molar-refractivity contribution is -0.141. The first-order valence-electron chi connectivity index (χ1n) is 6.02. The van der Waals surface area contributed by atoms with Crippen LogP contribution in [-0.4, -0.2) is 28.6 Å². The first-order chi connectivity index (χ1) is 9.32. The Hall–Kier alpha value is -0.580. The molecule has 1 rings (SSSR count). The van der Waals surface area contributed by atoms with Gasteiger partial charge in [0.25, 0.3) is 5.91 Å². The van der Waals surface area contributed by atoms with E-state index in [1.165, 1.54) is 0 Å². The molecule has 0 saturated carbocycles. The van der Waals surface area contributed by atoms with Crippen molar-refractivity contribution in [3.63, 3.8) is 0 Å². The van der Waals surface area contributed by atoms with E-state index in [0.29, 0.717) is 23.0 Å². The predicted molar refractivity (Wildman–Crippen MR) is 91.9 cm³/mol. The van der Waals surface area contributed by atoms with Crippen molar-refractivity contribution in [1.29, 1.82) is 0 Å². The Morgan fingerprint density at radius 3 is 2.60 bits per heavy atom. The van der Waals surface area contributed by atoms with Crippen LogP contribution in [-0.2, 0) is 4.79 Å². The van der Waals surface area contributed by atoms with Gasteiger partial charge >= 0.3 is 5.97 Å². The first-order valence-corrected chi connectivity index (χ1v) is 8.17. The van der Waals surface area contributed by atoms with Crippen LogP contribution in [0.1, 0.15) is 30.1 Å². The average Bonchev–Trinajstić information content (AvgIpc) is 2.38. The molecule has 5 nitrogen and oxygen atoms in total. The lowest BCUT2D eigenvalue weighted by Gasteiger charge is -2.10. The van der Waals surface area contributed by atoms with Crippen LogP contribution >= 0.6 is 45.2 Å². The zero-order chi connectivity index (χ0) is 15.3. The zero-order valence-electron chi connectivity index (χ0n) is 10.8. The first kappa shape index (κ1) is 17.5. The summed E-state index contributed by atoms with van der Waals surface area (Å²) in [4.78, 5) is 22.6. The van der Waals surface area contributed by atoms with Gasteiger partial charge in [0.05, 0.1) is 15.1 Å². The van der Waals surface area contributed by atoms with Gasteiger partial charge in [0.1, 0.15) is 5.75 Å². The summed E-state index contributed by atoms with van der Waals surface area (Å²) < 4.78 is 1.49. The molecule has 0 spiro atoms. The number of nitrogens with one attached hydrogen (secondary N) is 1. The molecule has 7 heteroatoms. The maximum atomic E-state index is 12.0. The molecule has 1 unspecified atom stereocenters. The van der Waals surface area contributed by atoms with Gasteiger partial charge in [-0.2, -0.15) is 0 Å². The molecule has 1 aromatic carbocycles. The maximum Gasteiger partial charge on any atom is 0.306 e. The Kier molecular flexibility index (Phi) is 7.00. The van der Waals surface area contributed by atoms with Crippen molar-refractivity contribution in [3.8, 4) is 5.75 Å². The number of rotatable bonds is 6. The summed E-state index contributed by atoms with van der Waals surface area (Å²) >= 11 is 4.05. The van der Waals surface area contributed by atoms with E-state index in [1.54, 1.807) is 19.1 Å². The van der Waals surface area contributed by atoms with Crippen molar-refractivity contribution in [2.75, 3.05) is 6.54 Å². The van der Waals surface area contributed by atoms with Crippen molar-refractivity contribution in [2.24, 2.45) is 5.92 Å². The van der Waals surface area contributed by atoms with Crippen LogP contribution in [0.15, 0.2) is 12.1 Å². The van der Waals surface area contributed by atoms with Crippen LogP contribution in [0.4, 0.5) is 0 Å². The van der Waals surface area contributed by atoms with E-state index >= 15 is 0 Å². The monoisotopic (exact) mass is 503 g/mol. The number of carbonyl (C=O) groups excluding carboxylic acids is 1. The molecule has 3 N–H and O–H groups in total. The summed E-state index contributed by atoms with van der Waals surface area (Å²) in [7, 11) is 0. The topological polar surface area (TPSA) is 86.6 Å². The van der Waals surface area contributed by atoms with Crippen LogP contribution in [0.5, 0.6) is 5.75 Å². The predicted octanol–water partition coefficient (Wildman–Crippen LogP) is 2.83. The van der Waals surface area contributed by atoms with E-state index in [1.807, 2.05) is 22.6 Å². The molecule has 0 fully saturated rings. The largest absolute Gasteiger partial charge is 0.506 e. The number of halogens is 2. The molecular formula is C13H15I2NO4. The number of phenolic OH excluding ortho intramolecular Hbond substituents is 1. The number of aliphatic carboxylic acids is 1.